The normalized spacial score (nSPS) is 11.5. The van der Waals surface area contributed by atoms with Gasteiger partial charge in [0.2, 0.25) is 0 Å². The van der Waals surface area contributed by atoms with Crippen molar-refractivity contribution in [2.24, 2.45) is 0 Å². The Balaban J connectivity index is 1.64. The summed E-state index contributed by atoms with van der Waals surface area (Å²) in [5.74, 6) is -1.81. The van der Waals surface area contributed by atoms with E-state index >= 15 is 0 Å². The number of amides is 2. The molecule has 0 unspecified atom stereocenters. The largest absolute Gasteiger partial charge is 0.417 e. The molecule has 3 N–H and O–H groups in total. The molecule has 0 saturated heterocycles. The molecule has 0 bridgehead atoms. The smallest absolute Gasteiger partial charge is 0.359 e. The van der Waals surface area contributed by atoms with E-state index in [1.54, 1.807) is 6.20 Å². The summed E-state index contributed by atoms with van der Waals surface area (Å²) in [4.78, 5) is 27.1. The molecule has 0 aliphatic heterocycles. The van der Waals surface area contributed by atoms with Crippen molar-refractivity contribution in [1.29, 1.82) is 0 Å². The number of anilines is 1. The van der Waals surface area contributed by atoms with Crippen molar-refractivity contribution in [3.63, 3.8) is 0 Å². The summed E-state index contributed by atoms with van der Waals surface area (Å²) in [5.41, 5.74) is 1.63. The van der Waals surface area contributed by atoms with Gasteiger partial charge < -0.3 is 15.6 Å². The van der Waals surface area contributed by atoms with Crippen molar-refractivity contribution in [2.75, 3.05) is 5.32 Å². The van der Waals surface area contributed by atoms with Gasteiger partial charge in [-0.05, 0) is 36.8 Å². The molecule has 5 nitrogen and oxygen atoms in total. The lowest BCUT2D eigenvalue weighted by molar-refractivity contribution is -0.137. The number of fused-ring (bicyclic) bond motifs is 1. The van der Waals surface area contributed by atoms with Crippen LogP contribution < -0.4 is 10.6 Å². The number of carbonyl (C=O) groups is 2. The van der Waals surface area contributed by atoms with Gasteiger partial charge in [0.05, 0.1) is 16.3 Å². The van der Waals surface area contributed by atoms with Crippen LogP contribution in [0.15, 0.2) is 42.6 Å². The van der Waals surface area contributed by atoms with E-state index in [1.165, 1.54) is 6.07 Å². The van der Waals surface area contributed by atoms with Gasteiger partial charge in [0.25, 0.3) is 0 Å². The topological polar surface area (TPSA) is 74.0 Å². The Labute approximate surface area is 162 Å². The molecule has 1 aromatic heterocycles. The second kappa shape index (κ2) is 7.55. The Morgan fingerprint density at radius 1 is 1.11 bits per heavy atom. The first-order chi connectivity index (χ1) is 13.1. The SMILES string of the molecule is Cc1ccc2[nH]cc(NC(=O)C(=O)NCc3ccc(C(F)(F)F)c(Cl)c3)c2c1. The van der Waals surface area contributed by atoms with Crippen LogP contribution in [0.5, 0.6) is 0 Å². The predicted octanol–water partition coefficient (Wildman–Crippen LogP) is 4.40. The van der Waals surface area contributed by atoms with Crippen LogP contribution in [-0.2, 0) is 22.3 Å². The Bertz CT molecular complexity index is 1060. The van der Waals surface area contributed by atoms with Crippen LogP contribution in [0.2, 0.25) is 5.02 Å². The van der Waals surface area contributed by atoms with Gasteiger partial charge in [0.15, 0.2) is 0 Å². The molecule has 2 aromatic carbocycles. The molecule has 0 fully saturated rings. The number of carbonyl (C=O) groups excluding carboxylic acids is 2. The second-order valence-electron chi connectivity index (χ2n) is 6.20. The lowest BCUT2D eigenvalue weighted by Crippen LogP contribution is -2.34. The average Bonchev–Trinajstić information content (AvgIpc) is 3.00. The van der Waals surface area contributed by atoms with E-state index in [2.05, 4.69) is 15.6 Å². The molecule has 2 amide bonds. The molecule has 0 saturated carbocycles. The monoisotopic (exact) mass is 409 g/mol. The number of nitrogens with one attached hydrogen (secondary N) is 3. The first-order valence-electron chi connectivity index (χ1n) is 8.17. The minimum absolute atomic E-state index is 0.142. The Morgan fingerprint density at radius 2 is 1.86 bits per heavy atom. The fourth-order valence-electron chi connectivity index (χ4n) is 2.68. The standard InChI is InChI=1S/C19H15ClF3N3O2/c1-10-2-5-15-12(6-10)16(9-24-15)26-18(28)17(27)25-8-11-3-4-13(14(20)7-11)19(21,22)23/h2-7,9,24H,8H2,1H3,(H,25,27)(H,26,28). The highest BCUT2D eigenvalue weighted by Crippen LogP contribution is 2.34. The first-order valence-corrected chi connectivity index (χ1v) is 8.55. The molecular formula is C19H15ClF3N3O2. The molecule has 0 aliphatic carbocycles. The summed E-state index contributed by atoms with van der Waals surface area (Å²) in [6, 6.07) is 8.75. The number of aryl methyl sites for hydroxylation is 1. The number of hydrogen-bond donors (Lipinski definition) is 3. The third-order valence-electron chi connectivity index (χ3n) is 4.08. The van der Waals surface area contributed by atoms with Gasteiger partial charge in [0.1, 0.15) is 0 Å². The minimum Gasteiger partial charge on any atom is -0.359 e. The third-order valence-corrected chi connectivity index (χ3v) is 4.40. The van der Waals surface area contributed by atoms with E-state index in [1.807, 2.05) is 25.1 Å². The second-order valence-corrected chi connectivity index (χ2v) is 6.61. The summed E-state index contributed by atoms with van der Waals surface area (Å²) < 4.78 is 38.1. The number of rotatable bonds is 3. The van der Waals surface area contributed by atoms with Crippen LogP contribution in [0.25, 0.3) is 10.9 Å². The van der Waals surface area contributed by atoms with Crippen molar-refractivity contribution in [1.82, 2.24) is 10.3 Å². The zero-order valence-corrected chi connectivity index (χ0v) is 15.3. The average molecular weight is 410 g/mol. The number of aromatic nitrogens is 1. The van der Waals surface area contributed by atoms with Gasteiger partial charge >= 0.3 is 18.0 Å². The molecule has 28 heavy (non-hydrogen) atoms. The van der Waals surface area contributed by atoms with Crippen LogP contribution >= 0.6 is 11.6 Å². The molecule has 0 radical (unpaired) electrons. The van der Waals surface area contributed by atoms with Crippen LogP contribution in [0, 0.1) is 6.92 Å². The lowest BCUT2D eigenvalue weighted by Gasteiger charge is -2.11. The fourth-order valence-corrected chi connectivity index (χ4v) is 2.99. The summed E-state index contributed by atoms with van der Waals surface area (Å²) in [7, 11) is 0. The van der Waals surface area contributed by atoms with Crippen molar-refractivity contribution in [3.05, 3.63) is 64.3 Å². The highest BCUT2D eigenvalue weighted by atomic mass is 35.5. The van der Waals surface area contributed by atoms with E-state index in [4.69, 9.17) is 11.6 Å². The van der Waals surface area contributed by atoms with Gasteiger partial charge in [0, 0.05) is 23.6 Å². The molecule has 0 atom stereocenters. The number of alkyl halides is 3. The maximum absolute atomic E-state index is 12.7. The van der Waals surface area contributed by atoms with E-state index < -0.39 is 28.6 Å². The molecular weight excluding hydrogens is 395 g/mol. The van der Waals surface area contributed by atoms with Crippen LogP contribution in [-0.4, -0.2) is 16.8 Å². The Hall–Kier alpha value is -3.00. The van der Waals surface area contributed by atoms with Crippen molar-refractivity contribution in [2.45, 2.75) is 19.6 Å². The molecule has 1 heterocycles. The summed E-state index contributed by atoms with van der Waals surface area (Å²) in [6.07, 6.45) is -2.98. The van der Waals surface area contributed by atoms with Crippen molar-refractivity contribution >= 4 is 40.0 Å². The number of hydrogen-bond acceptors (Lipinski definition) is 2. The molecule has 0 spiro atoms. The predicted molar refractivity (Wildman–Crippen MR) is 100.0 cm³/mol. The van der Waals surface area contributed by atoms with Gasteiger partial charge in [-0.3, -0.25) is 9.59 Å². The number of H-pyrrole nitrogens is 1. The van der Waals surface area contributed by atoms with Gasteiger partial charge in [-0.15, -0.1) is 0 Å². The summed E-state index contributed by atoms with van der Waals surface area (Å²) >= 11 is 5.64. The van der Waals surface area contributed by atoms with Crippen LogP contribution in [0.1, 0.15) is 16.7 Å². The zero-order valence-electron chi connectivity index (χ0n) is 14.6. The van der Waals surface area contributed by atoms with E-state index in [9.17, 15) is 22.8 Å². The molecule has 146 valence electrons. The molecule has 3 aromatic rings. The summed E-state index contributed by atoms with van der Waals surface area (Å²) in [5, 5.41) is 5.15. The van der Waals surface area contributed by atoms with E-state index in [0.717, 1.165) is 28.6 Å². The number of benzene rings is 2. The fraction of sp³-hybridized carbons (Fsp3) is 0.158. The zero-order chi connectivity index (χ0) is 20.5. The highest BCUT2D eigenvalue weighted by Gasteiger charge is 2.33. The minimum atomic E-state index is -4.56. The lowest BCUT2D eigenvalue weighted by atomic mass is 10.1. The molecule has 0 aliphatic rings. The molecule has 3 rings (SSSR count). The maximum atomic E-state index is 12.7. The Morgan fingerprint density at radius 3 is 2.54 bits per heavy atom. The number of aromatic amines is 1. The summed E-state index contributed by atoms with van der Waals surface area (Å²) in [6.45, 7) is 1.76. The van der Waals surface area contributed by atoms with Crippen molar-refractivity contribution in [3.8, 4) is 0 Å². The van der Waals surface area contributed by atoms with E-state index in [0.29, 0.717) is 11.3 Å². The van der Waals surface area contributed by atoms with Crippen LogP contribution in [0.4, 0.5) is 18.9 Å². The highest BCUT2D eigenvalue weighted by molar-refractivity contribution is 6.40. The van der Waals surface area contributed by atoms with E-state index in [-0.39, 0.29) is 6.54 Å². The maximum Gasteiger partial charge on any atom is 0.417 e. The first kappa shape index (κ1) is 19.8. The third kappa shape index (κ3) is 4.28. The quantitative estimate of drug-likeness (QED) is 0.561. The van der Waals surface area contributed by atoms with Gasteiger partial charge in [-0.25, -0.2) is 0 Å². The van der Waals surface area contributed by atoms with Crippen LogP contribution in [0.3, 0.4) is 0 Å². The van der Waals surface area contributed by atoms with Crippen molar-refractivity contribution < 1.29 is 22.8 Å². The number of halogens is 4. The van der Waals surface area contributed by atoms with Gasteiger partial charge in [-0.2, -0.15) is 13.2 Å². The Kier molecular flexibility index (Phi) is 5.33. The molecule has 9 heteroatoms. The van der Waals surface area contributed by atoms with Gasteiger partial charge in [-0.1, -0.05) is 29.3 Å².